The molecule has 0 saturated carbocycles. The second-order valence-electron chi connectivity index (χ2n) is 8.35. The molecule has 2 aromatic rings. The molecule has 0 bridgehead atoms. The molecule has 0 saturated heterocycles. The summed E-state index contributed by atoms with van der Waals surface area (Å²) in [5.41, 5.74) is 2.98. The summed E-state index contributed by atoms with van der Waals surface area (Å²) in [6, 6.07) is 7.83. The van der Waals surface area contributed by atoms with E-state index >= 15 is 0 Å². The lowest BCUT2D eigenvalue weighted by Gasteiger charge is -2.23. The molecule has 1 aliphatic heterocycles. The second-order valence-corrected chi connectivity index (χ2v) is 8.35. The average Bonchev–Trinajstić information content (AvgIpc) is 3.05. The third-order valence-corrected chi connectivity index (χ3v) is 5.05. The Balaban J connectivity index is 1.93. The number of nitrogens with zero attached hydrogens (tertiary/aromatic N) is 2. The van der Waals surface area contributed by atoms with Crippen LogP contribution in [-0.2, 0) is 18.4 Å². The van der Waals surface area contributed by atoms with Crippen molar-refractivity contribution in [2.24, 2.45) is 0 Å². The summed E-state index contributed by atoms with van der Waals surface area (Å²) in [6.07, 6.45) is 3.61. The molecule has 0 atom stereocenters. The number of hydrogen-bond acceptors (Lipinski definition) is 3. The summed E-state index contributed by atoms with van der Waals surface area (Å²) >= 11 is 0. The first-order valence-corrected chi connectivity index (χ1v) is 10.1. The van der Waals surface area contributed by atoms with E-state index in [1.54, 1.807) is 0 Å². The molecule has 2 N–H and O–H groups in total. The van der Waals surface area contributed by atoms with E-state index in [0.29, 0.717) is 18.1 Å². The predicted molar refractivity (Wildman–Crippen MR) is 111 cm³/mol. The lowest BCUT2D eigenvalue weighted by atomic mass is 9.86. The SMILES string of the molecule is CCCNC(=O)c1nc(C(=O)Nc2ccccc2C(C)(C)C)c2n1CCCC2. The second kappa shape index (κ2) is 8.17. The molecule has 28 heavy (non-hydrogen) atoms. The number of imidazole rings is 1. The van der Waals surface area contributed by atoms with E-state index in [-0.39, 0.29) is 17.2 Å². The van der Waals surface area contributed by atoms with Gasteiger partial charge in [-0.1, -0.05) is 45.9 Å². The largest absolute Gasteiger partial charge is 0.349 e. The smallest absolute Gasteiger partial charge is 0.287 e. The molecule has 150 valence electrons. The maximum absolute atomic E-state index is 13.1. The molecule has 1 aromatic carbocycles. The fraction of sp³-hybridized carbons (Fsp3) is 0.500. The minimum Gasteiger partial charge on any atom is -0.349 e. The normalized spacial score (nSPS) is 13.7. The molecular weight excluding hydrogens is 352 g/mol. The molecule has 0 radical (unpaired) electrons. The van der Waals surface area contributed by atoms with Crippen molar-refractivity contribution in [1.29, 1.82) is 0 Å². The van der Waals surface area contributed by atoms with Gasteiger partial charge in [0.1, 0.15) is 0 Å². The van der Waals surface area contributed by atoms with Crippen molar-refractivity contribution in [3.8, 4) is 0 Å². The standard InChI is InChI=1S/C22H30N4O2/c1-5-13-23-21(28)19-25-18(17-12-8-9-14-26(17)19)20(27)24-16-11-7-6-10-15(16)22(2,3)4/h6-7,10-11H,5,8-9,12-14H2,1-4H3,(H,23,28)(H,24,27). The van der Waals surface area contributed by atoms with Gasteiger partial charge in [0.2, 0.25) is 0 Å². The number of hydrogen-bond donors (Lipinski definition) is 2. The Bertz CT molecular complexity index is 877. The summed E-state index contributed by atoms with van der Waals surface area (Å²) in [6.45, 7) is 9.68. The fourth-order valence-corrected chi connectivity index (χ4v) is 3.64. The number of fused-ring (bicyclic) bond motifs is 1. The Labute approximate surface area is 166 Å². The maximum atomic E-state index is 13.1. The van der Waals surface area contributed by atoms with Crippen LogP contribution in [0.25, 0.3) is 0 Å². The van der Waals surface area contributed by atoms with Crippen molar-refractivity contribution in [1.82, 2.24) is 14.9 Å². The van der Waals surface area contributed by atoms with Gasteiger partial charge in [-0.3, -0.25) is 9.59 Å². The van der Waals surface area contributed by atoms with Crippen LogP contribution in [0.2, 0.25) is 0 Å². The van der Waals surface area contributed by atoms with Crippen LogP contribution in [0.5, 0.6) is 0 Å². The first kappa shape index (κ1) is 20.1. The fourth-order valence-electron chi connectivity index (χ4n) is 3.64. The van der Waals surface area contributed by atoms with Crippen molar-refractivity contribution in [3.63, 3.8) is 0 Å². The van der Waals surface area contributed by atoms with E-state index in [2.05, 4.69) is 36.4 Å². The van der Waals surface area contributed by atoms with Gasteiger partial charge in [0, 0.05) is 18.8 Å². The van der Waals surface area contributed by atoms with Gasteiger partial charge in [0.15, 0.2) is 11.5 Å². The number of nitrogens with one attached hydrogen (secondary N) is 2. The van der Waals surface area contributed by atoms with Crippen LogP contribution in [0.15, 0.2) is 24.3 Å². The van der Waals surface area contributed by atoms with Crippen LogP contribution in [0.4, 0.5) is 5.69 Å². The van der Waals surface area contributed by atoms with E-state index in [4.69, 9.17) is 0 Å². The number of carbonyl (C=O) groups excluding carboxylic acids is 2. The first-order valence-electron chi connectivity index (χ1n) is 10.1. The van der Waals surface area contributed by atoms with Crippen molar-refractivity contribution < 1.29 is 9.59 Å². The predicted octanol–water partition coefficient (Wildman–Crippen LogP) is 3.91. The lowest BCUT2D eigenvalue weighted by molar-refractivity contribution is 0.0937. The molecule has 0 aliphatic carbocycles. The highest BCUT2D eigenvalue weighted by atomic mass is 16.2. The third-order valence-electron chi connectivity index (χ3n) is 5.05. The molecule has 0 spiro atoms. The first-order chi connectivity index (χ1) is 13.3. The number of para-hydroxylation sites is 1. The van der Waals surface area contributed by atoms with Crippen molar-refractivity contribution in [2.75, 3.05) is 11.9 Å². The minimum absolute atomic E-state index is 0.0945. The number of carbonyl (C=O) groups is 2. The molecule has 1 aromatic heterocycles. The van der Waals surface area contributed by atoms with E-state index < -0.39 is 0 Å². The number of amides is 2. The topological polar surface area (TPSA) is 76.0 Å². The number of benzene rings is 1. The molecule has 1 aliphatic rings. The van der Waals surface area contributed by atoms with E-state index in [0.717, 1.165) is 49.2 Å². The zero-order valence-corrected chi connectivity index (χ0v) is 17.3. The van der Waals surface area contributed by atoms with Gasteiger partial charge in [0.05, 0.1) is 5.69 Å². The van der Waals surface area contributed by atoms with Crippen molar-refractivity contribution in [2.45, 2.75) is 65.3 Å². The molecule has 3 rings (SSSR count). The van der Waals surface area contributed by atoms with Gasteiger partial charge in [0.25, 0.3) is 11.8 Å². The molecule has 0 unspecified atom stereocenters. The monoisotopic (exact) mass is 382 g/mol. The Hall–Kier alpha value is -2.63. The van der Waals surface area contributed by atoms with Gasteiger partial charge in [-0.15, -0.1) is 0 Å². The highest BCUT2D eigenvalue weighted by Crippen LogP contribution is 2.30. The van der Waals surface area contributed by atoms with Crippen LogP contribution in [-0.4, -0.2) is 27.9 Å². The summed E-state index contributed by atoms with van der Waals surface area (Å²) in [7, 11) is 0. The molecular formula is C22H30N4O2. The highest BCUT2D eigenvalue weighted by Gasteiger charge is 2.28. The van der Waals surface area contributed by atoms with Crippen LogP contribution in [0, 0.1) is 0 Å². The molecule has 6 heteroatoms. The number of rotatable bonds is 5. The summed E-state index contributed by atoms with van der Waals surface area (Å²) in [5.74, 6) is -0.117. The van der Waals surface area contributed by atoms with E-state index in [9.17, 15) is 9.59 Å². The van der Waals surface area contributed by atoms with Gasteiger partial charge in [-0.05, 0) is 42.7 Å². The zero-order chi connectivity index (χ0) is 20.3. The Kier molecular flexibility index (Phi) is 5.87. The molecule has 0 fully saturated rings. The Morgan fingerprint density at radius 2 is 1.89 bits per heavy atom. The van der Waals surface area contributed by atoms with Crippen LogP contribution in [0.3, 0.4) is 0 Å². The van der Waals surface area contributed by atoms with Gasteiger partial charge >= 0.3 is 0 Å². The van der Waals surface area contributed by atoms with Crippen LogP contribution < -0.4 is 10.6 Å². The quantitative estimate of drug-likeness (QED) is 0.823. The van der Waals surface area contributed by atoms with Gasteiger partial charge in [-0.25, -0.2) is 4.98 Å². The zero-order valence-electron chi connectivity index (χ0n) is 17.3. The van der Waals surface area contributed by atoms with Crippen molar-refractivity contribution >= 4 is 17.5 Å². The summed E-state index contributed by atoms with van der Waals surface area (Å²) < 4.78 is 1.92. The van der Waals surface area contributed by atoms with Gasteiger partial charge < -0.3 is 15.2 Å². The molecule has 2 amide bonds. The molecule has 2 heterocycles. The average molecular weight is 383 g/mol. The number of aromatic nitrogens is 2. The Morgan fingerprint density at radius 3 is 2.61 bits per heavy atom. The van der Waals surface area contributed by atoms with E-state index in [1.165, 1.54) is 0 Å². The summed E-state index contributed by atoms with van der Waals surface area (Å²) in [4.78, 5) is 30.1. The minimum atomic E-state index is -0.253. The summed E-state index contributed by atoms with van der Waals surface area (Å²) in [5, 5.41) is 5.91. The number of anilines is 1. The lowest BCUT2D eigenvalue weighted by Crippen LogP contribution is -2.28. The maximum Gasteiger partial charge on any atom is 0.287 e. The third kappa shape index (κ3) is 4.11. The van der Waals surface area contributed by atoms with Crippen molar-refractivity contribution in [3.05, 3.63) is 47.0 Å². The van der Waals surface area contributed by atoms with Crippen LogP contribution in [0.1, 0.15) is 79.3 Å². The van der Waals surface area contributed by atoms with Crippen LogP contribution >= 0.6 is 0 Å². The molecule has 6 nitrogen and oxygen atoms in total. The van der Waals surface area contributed by atoms with Gasteiger partial charge in [-0.2, -0.15) is 0 Å². The Morgan fingerprint density at radius 1 is 1.14 bits per heavy atom. The van der Waals surface area contributed by atoms with E-state index in [1.807, 2.05) is 35.8 Å². The highest BCUT2D eigenvalue weighted by molar-refractivity contribution is 6.05.